The summed E-state index contributed by atoms with van der Waals surface area (Å²) in [6.45, 7) is 2.30. The lowest BCUT2D eigenvalue weighted by Crippen LogP contribution is -2.44. The molecule has 2 unspecified atom stereocenters. The zero-order valence-corrected chi connectivity index (χ0v) is 12.3. The second kappa shape index (κ2) is 5.33. The number of aromatic nitrogens is 1. The number of carboxylic acid groups (broad SMARTS) is 1. The standard InChI is InChI=1S/C14H15N3O3S/c1-8-6-7-17(11(8)12(18)19)14(20)16-13-15-9-4-2-3-5-10(9)21-13/h2-5,8,11H,6-7H2,1H3,(H,18,19)(H,15,16,20). The molecule has 21 heavy (non-hydrogen) atoms. The van der Waals surface area contributed by atoms with Gasteiger partial charge < -0.3 is 10.0 Å². The molecule has 2 N–H and O–H groups in total. The molecule has 3 rings (SSSR count). The van der Waals surface area contributed by atoms with Gasteiger partial charge in [-0.3, -0.25) is 5.32 Å². The van der Waals surface area contributed by atoms with Gasteiger partial charge in [0.05, 0.1) is 10.2 Å². The Morgan fingerprint density at radius 1 is 1.43 bits per heavy atom. The van der Waals surface area contributed by atoms with Crippen LogP contribution in [0, 0.1) is 5.92 Å². The van der Waals surface area contributed by atoms with E-state index >= 15 is 0 Å². The second-order valence-corrected chi connectivity index (χ2v) is 6.19. The number of amides is 2. The predicted molar refractivity (Wildman–Crippen MR) is 80.5 cm³/mol. The van der Waals surface area contributed by atoms with Gasteiger partial charge in [-0.25, -0.2) is 14.6 Å². The van der Waals surface area contributed by atoms with Crippen molar-refractivity contribution >= 4 is 38.7 Å². The van der Waals surface area contributed by atoms with Crippen LogP contribution >= 0.6 is 11.3 Å². The van der Waals surface area contributed by atoms with E-state index in [4.69, 9.17) is 0 Å². The molecule has 6 nitrogen and oxygen atoms in total. The van der Waals surface area contributed by atoms with Crippen LogP contribution in [-0.4, -0.2) is 39.6 Å². The van der Waals surface area contributed by atoms with Gasteiger partial charge in [-0.1, -0.05) is 30.4 Å². The minimum Gasteiger partial charge on any atom is -0.480 e. The molecule has 2 aromatic rings. The first-order valence-corrected chi connectivity index (χ1v) is 7.54. The van der Waals surface area contributed by atoms with E-state index in [0.717, 1.165) is 10.2 Å². The molecule has 1 aliphatic heterocycles. The van der Waals surface area contributed by atoms with Crippen molar-refractivity contribution in [2.75, 3.05) is 11.9 Å². The molecule has 2 atom stereocenters. The van der Waals surface area contributed by atoms with Gasteiger partial charge in [0.25, 0.3) is 0 Å². The summed E-state index contributed by atoms with van der Waals surface area (Å²) in [6.07, 6.45) is 0.699. The number of thiazole rings is 1. The summed E-state index contributed by atoms with van der Waals surface area (Å²) in [5.41, 5.74) is 0.822. The number of rotatable bonds is 2. The monoisotopic (exact) mass is 305 g/mol. The van der Waals surface area contributed by atoms with Crippen LogP contribution < -0.4 is 5.32 Å². The number of carbonyl (C=O) groups is 2. The largest absolute Gasteiger partial charge is 0.480 e. The molecule has 1 saturated heterocycles. The number of urea groups is 1. The van der Waals surface area contributed by atoms with E-state index < -0.39 is 18.0 Å². The molecule has 0 spiro atoms. The molecule has 1 aliphatic rings. The number of aliphatic carboxylic acids is 1. The van der Waals surface area contributed by atoms with E-state index in [-0.39, 0.29) is 5.92 Å². The Morgan fingerprint density at radius 2 is 2.19 bits per heavy atom. The van der Waals surface area contributed by atoms with Crippen molar-refractivity contribution in [3.8, 4) is 0 Å². The fourth-order valence-electron chi connectivity index (χ4n) is 2.64. The van der Waals surface area contributed by atoms with Crippen molar-refractivity contribution in [1.29, 1.82) is 0 Å². The number of hydrogen-bond acceptors (Lipinski definition) is 4. The van der Waals surface area contributed by atoms with Crippen LogP contribution in [0.2, 0.25) is 0 Å². The molecule has 110 valence electrons. The molecule has 1 aromatic heterocycles. The van der Waals surface area contributed by atoms with Crippen molar-refractivity contribution in [2.45, 2.75) is 19.4 Å². The smallest absolute Gasteiger partial charge is 0.326 e. The molecule has 1 fully saturated rings. The van der Waals surface area contributed by atoms with Gasteiger partial charge in [0, 0.05) is 6.54 Å². The molecule has 1 aromatic carbocycles. The normalized spacial score (nSPS) is 21.7. The van der Waals surface area contributed by atoms with Crippen molar-refractivity contribution < 1.29 is 14.7 Å². The van der Waals surface area contributed by atoms with E-state index in [2.05, 4.69) is 10.3 Å². The number of hydrogen-bond donors (Lipinski definition) is 2. The third-order valence-corrected chi connectivity index (χ3v) is 4.67. The zero-order valence-electron chi connectivity index (χ0n) is 11.4. The van der Waals surface area contributed by atoms with Crippen LogP contribution in [0.3, 0.4) is 0 Å². The van der Waals surface area contributed by atoms with E-state index in [1.807, 2.05) is 31.2 Å². The fraction of sp³-hybridized carbons (Fsp3) is 0.357. The van der Waals surface area contributed by atoms with Crippen LogP contribution in [-0.2, 0) is 4.79 Å². The maximum Gasteiger partial charge on any atom is 0.326 e. The van der Waals surface area contributed by atoms with Gasteiger partial charge in [0.2, 0.25) is 0 Å². The summed E-state index contributed by atoms with van der Waals surface area (Å²) < 4.78 is 0.984. The Balaban J connectivity index is 1.78. The molecule has 7 heteroatoms. The quantitative estimate of drug-likeness (QED) is 0.893. The Labute approximate surface area is 125 Å². The number of benzene rings is 1. The van der Waals surface area contributed by atoms with Crippen LogP contribution in [0.25, 0.3) is 10.2 Å². The lowest BCUT2D eigenvalue weighted by molar-refractivity contribution is -0.142. The Hall–Kier alpha value is -2.15. The number of para-hydroxylation sites is 1. The maximum absolute atomic E-state index is 12.3. The van der Waals surface area contributed by atoms with Gasteiger partial charge in [0.15, 0.2) is 5.13 Å². The van der Waals surface area contributed by atoms with E-state index in [1.54, 1.807) is 0 Å². The van der Waals surface area contributed by atoms with Gasteiger partial charge in [-0.15, -0.1) is 0 Å². The minimum absolute atomic E-state index is 0.0383. The first-order valence-electron chi connectivity index (χ1n) is 6.72. The third-order valence-electron chi connectivity index (χ3n) is 3.72. The number of likely N-dealkylation sites (tertiary alicyclic amines) is 1. The number of nitrogens with zero attached hydrogens (tertiary/aromatic N) is 2. The molecule has 2 amide bonds. The lowest BCUT2D eigenvalue weighted by atomic mass is 10.0. The average Bonchev–Trinajstić information content (AvgIpc) is 3.01. The van der Waals surface area contributed by atoms with Crippen LogP contribution in [0.15, 0.2) is 24.3 Å². The average molecular weight is 305 g/mol. The molecule has 0 radical (unpaired) electrons. The number of carbonyl (C=O) groups excluding carboxylic acids is 1. The summed E-state index contributed by atoms with van der Waals surface area (Å²) in [4.78, 5) is 29.3. The minimum atomic E-state index is -0.959. The van der Waals surface area contributed by atoms with Gasteiger partial charge in [-0.2, -0.15) is 0 Å². The number of carboxylic acids is 1. The lowest BCUT2D eigenvalue weighted by Gasteiger charge is -2.22. The Bertz CT molecular complexity index is 667. The van der Waals surface area contributed by atoms with Gasteiger partial charge in [0.1, 0.15) is 6.04 Å². The van der Waals surface area contributed by atoms with Crippen molar-refractivity contribution in [3.05, 3.63) is 24.3 Å². The van der Waals surface area contributed by atoms with Gasteiger partial charge >= 0.3 is 12.0 Å². The number of fused-ring (bicyclic) bond motifs is 1. The third kappa shape index (κ3) is 2.56. The summed E-state index contributed by atoms with van der Waals surface area (Å²) >= 11 is 1.38. The highest BCUT2D eigenvalue weighted by molar-refractivity contribution is 7.22. The summed E-state index contributed by atoms with van der Waals surface area (Å²) in [5.74, 6) is -0.997. The van der Waals surface area contributed by atoms with Crippen molar-refractivity contribution in [1.82, 2.24) is 9.88 Å². The summed E-state index contributed by atoms with van der Waals surface area (Å²) in [6, 6.07) is 6.44. The Kier molecular flexibility index (Phi) is 3.50. The topological polar surface area (TPSA) is 82.5 Å². The van der Waals surface area contributed by atoms with Crippen molar-refractivity contribution in [3.63, 3.8) is 0 Å². The van der Waals surface area contributed by atoms with E-state index in [1.165, 1.54) is 16.2 Å². The highest BCUT2D eigenvalue weighted by Crippen LogP contribution is 2.28. The second-order valence-electron chi connectivity index (χ2n) is 5.16. The first-order chi connectivity index (χ1) is 10.1. The fourth-order valence-corrected chi connectivity index (χ4v) is 3.50. The van der Waals surface area contributed by atoms with Crippen molar-refractivity contribution in [2.24, 2.45) is 5.92 Å². The molecule has 0 aliphatic carbocycles. The number of anilines is 1. The van der Waals surface area contributed by atoms with E-state index in [0.29, 0.717) is 18.1 Å². The molecular weight excluding hydrogens is 290 g/mol. The van der Waals surface area contributed by atoms with E-state index in [9.17, 15) is 14.7 Å². The number of nitrogens with one attached hydrogen (secondary N) is 1. The SMILES string of the molecule is CC1CCN(C(=O)Nc2nc3ccccc3s2)C1C(=O)O. The highest BCUT2D eigenvalue weighted by atomic mass is 32.1. The molecular formula is C14H15N3O3S. The van der Waals surface area contributed by atoms with Crippen LogP contribution in [0.5, 0.6) is 0 Å². The molecule has 0 saturated carbocycles. The predicted octanol–water partition coefficient (Wildman–Crippen LogP) is 2.62. The molecule has 0 bridgehead atoms. The summed E-state index contributed by atoms with van der Waals surface area (Å²) in [5, 5.41) is 12.4. The first kappa shape index (κ1) is 13.8. The van der Waals surface area contributed by atoms with Gasteiger partial charge in [-0.05, 0) is 24.5 Å². The van der Waals surface area contributed by atoms with Crippen LogP contribution in [0.4, 0.5) is 9.93 Å². The Morgan fingerprint density at radius 3 is 2.90 bits per heavy atom. The molecule has 2 heterocycles. The van der Waals surface area contributed by atoms with Crippen LogP contribution in [0.1, 0.15) is 13.3 Å². The zero-order chi connectivity index (χ0) is 15.0. The highest BCUT2D eigenvalue weighted by Gasteiger charge is 2.39. The summed E-state index contributed by atoms with van der Waals surface area (Å²) in [7, 11) is 0. The maximum atomic E-state index is 12.3.